The number of benzene rings is 2. The van der Waals surface area contributed by atoms with Crippen LogP contribution in [0.1, 0.15) is 62.5 Å². The number of hydrogen-bond acceptors (Lipinski definition) is 5. The van der Waals surface area contributed by atoms with Crippen LogP contribution < -0.4 is 9.47 Å². The molecule has 2 aromatic rings. The van der Waals surface area contributed by atoms with Gasteiger partial charge >= 0.3 is 0 Å². The zero-order chi connectivity index (χ0) is 22.7. The number of hydrogen-bond donors (Lipinski definition) is 3. The molecule has 0 amide bonds. The Morgan fingerprint density at radius 2 is 1.65 bits per heavy atom. The second-order valence-electron chi connectivity index (χ2n) is 8.51. The van der Waals surface area contributed by atoms with Crippen LogP contribution in [-0.2, 0) is 19.3 Å². The van der Waals surface area contributed by atoms with Crippen molar-refractivity contribution >= 4 is 0 Å². The molecule has 166 valence electrons. The molecule has 1 aliphatic rings. The first-order chi connectivity index (χ1) is 14.7. The first kappa shape index (κ1) is 22.6. The number of methoxy groups -OCH3 is 1. The van der Waals surface area contributed by atoms with Gasteiger partial charge in [-0.1, -0.05) is 29.4 Å². The van der Waals surface area contributed by atoms with Gasteiger partial charge in [-0.25, -0.2) is 0 Å². The van der Waals surface area contributed by atoms with Crippen molar-refractivity contribution in [3.63, 3.8) is 0 Å². The number of phenols is 3. The number of rotatable bonds is 6. The van der Waals surface area contributed by atoms with Crippen molar-refractivity contribution in [1.29, 1.82) is 0 Å². The van der Waals surface area contributed by atoms with Gasteiger partial charge in [0.2, 0.25) is 0 Å². The van der Waals surface area contributed by atoms with Crippen LogP contribution in [0.15, 0.2) is 41.5 Å². The summed E-state index contributed by atoms with van der Waals surface area (Å²) < 4.78 is 11.8. The van der Waals surface area contributed by atoms with Crippen molar-refractivity contribution in [2.75, 3.05) is 7.11 Å². The summed E-state index contributed by atoms with van der Waals surface area (Å²) in [6, 6.07) is 5.16. The predicted octanol–water partition coefficient (Wildman–Crippen LogP) is 5.90. The molecule has 3 N–H and O–H groups in total. The highest BCUT2D eigenvalue weighted by Crippen LogP contribution is 2.47. The SMILES string of the molecule is COc1cc2c(c(CC=C(C)C)c1O)O[C@H](c1ccc(O)c(O)c1CC=C(C)C)CC2. The average molecular weight is 425 g/mol. The minimum absolute atomic E-state index is 0.0951. The van der Waals surface area contributed by atoms with Crippen LogP contribution in [0, 0.1) is 0 Å². The predicted molar refractivity (Wildman–Crippen MR) is 122 cm³/mol. The Bertz CT molecular complexity index is 1020. The Kier molecular flexibility index (Phi) is 6.84. The lowest BCUT2D eigenvalue weighted by Crippen LogP contribution is -2.18. The summed E-state index contributed by atoms with van der Waals surface area (Å²) in [7, 11) is 1.55. The quantitative estimate of drug-likeness (QED) is 0.398. The van der Waals surface area contributed by atoms with Gasteiger partial charge in [0.05, 0.1) is 7.11 Å². The van der Waals surface area contributed by atoms with E-state index >= 15 is 0 Å². The van der Waals surface area contributed by atoms with Gasteiger partial charge in [0, 0.05) is 11.1 Å². The molecule has 1 heterocycles. The largest absolute Gasteiger partial charge is 0.504 e. The van der Waals surface area contributed by atoms with E-state index in [1.807, 2.05) is 52.0 Å². The minimum atomic E-state index is -0.294. The molecule has 1 aliphatic heterocycles. The maximum atomic E-state index is 10.8. The van der Waals surface area contributed by atoms with Crippen LogP contribution in [0.2, 0.25) is 0 Å². The van der Waals surface area contributed by atoms with Crippen LogP contribution in [0.4, 0.5) is 0 Å². The fraction of sp³-hybridized carbons (Fsp3) is 0.385. The Labute approximate surface area is 184 Å². The third kappa shape index (κ3) is 4.82. The van der Waals surface area contributed by atoms with Gasteiger partial charge < -0.3 is 24.8 Å². The summed E-state index contributed by atoms with van der Waals surface area (Å²) in [6.07, 6.45) is 6.28. The van der Waals surface area contributed by atoms with E-state index in [9.17, 15) is 15.3 Å². The summed E-state index contributed by atoms with van der Waals surface area (Å²) in [5.74, 6) is 0.977. The van der Waals surface area contributed by atoms with Crippen molar-refractivity contribution in [2.24, 2.45) is 0 Å². The van der Waals surface area contributed by atoms with Gasteiger partial charge in [0.25, 0.3) is 0 Å². The number of phenolic OH excluding ortho intramolecular Hbond substituents is 3. The molecule has 0 aromatic heterocycles. The van der Waals surface area contributed by atoms with E-state index < -0.39 is 0 Å². The summed E-state index contributed by atoms with van der Waals surface area (Å²) in [5.41, 5.74) is 5.49. The molecule has 5 heteroatoms. The van der Waals surface area contributed by atoms with Gasteiger partial charge in [-0.05, 0) is 76.6 Å². The third-order valence-corrected chi connectivity index (χ3v) is 5.62. The lowest BCUT2D eigenvalue weighted by atomic mass is 9.90. The molecule has 0 unspecified atom stereocenters. The number of aryl methyl sites for hydroxylation is 1. The number of ether oxygens (including phenoxy) is 2. The van der Waals surface area contributed by atoms with Gasteiger partial charge in [-0.3, -0.25) is 0 Å². The van der Waals surface area contributed by atoms with Crippen molar-refractivity contribution in [1.82, 2.24) is 0 Å². The highest BCUT2D eigenvalue weighted by molar-refractivity contribution is 5.59. The van der Waals surface area contributed by atoms with E-state index in [0.29, 0.717) is 35.5 Å². The van der Waals surface area contributed by atoms with E-state index in [2.05, 4.69) is 0 Å². The fourth-order valence-electron chi connectivity index (χ4n) is 3.89. The molecule has 1 atom stereocenters. The lowest BCUT2D eigenvalue weighted by molar-refractivity contribution is 0.172. The monoisotopic (exact) mass is 424 g/mol. The molecule has 0 aliphatic carbocycles. The van der Waals surface area contributed by atoms with Crippen molar-refractivity contribution < 1.29 is 24.8 Å². The Morgan fingerprint density at radius 3 is 2.26 bits per heavy atom. The van der Waals surface area contributed by atoms with Crippen LogP contribution >= 0.6 is 0 Å². The normalized spacial score (nSPS) is 14.9. The summed E-state index contributed by atoms with van der Waals surface area (Å²) in [6.45, 7) is 8.03. The molecular formula is C26H32O5. The third-order valence-electron chi connectivity index (χ3n) is 5.62. The van der Waals surface area contributed by atoms with Gasteiger partial charge in [0.15, 0.2) is 23.0 Å². The first-order valence-electron chi connectivity index (χ1n) is 10.6. The Morgan fingerprint density at radius 1 is 1.00 bits per heavy atom. The van der Waals surface area contributed by atoms with Crippen LogP contribution in [0.25, 0.3) is 0 Å². The zero-order valence-corrected chi connectivity index (χ0v) is 19.0. The molecule has 2 aromatic carbocycles. The fourth-order valence-corrected chi connectivity index (χ4v) is 3.89. The minimum Gasteiger partial charge on any atom is -0.504 e. The van der Waals surface area contributed by atoms with Gasteiger partial charge in [-0.2, -0.15) is 0 Å². The molecule has 0 fully saturated rings. The topological polar surface area (TPSA) is 79.2 Å². The van der Waals surface area contributed by atoms with Crippen LogP contribution in [0.5, 0.6) is 28.7 Å². The molecular weight excluding hydrogens is 392 g/mol. The standard InChI is InChI=1S/C26H32O5/c1-15(2)6-9-19-18(11-12-21(27)24(19)28)22-13-8-17-14-23(30-5)25(29)20(26(17)31-22)10-7-16(3)4/h6-7,11-12,14,22,27-29H,8-10,13H2,1-5H3/t22-/m0/s1. The van der Waals surface area contributed by atoms with E-state index in [-0.39, 0.29) is 23.4 Å². The Hall–Kier alpha value is -3.08. The molecule has 0 saturated heterocycles. The molecule has 0 radical (unpaired) electrons. The van der Waals surface area contributed by atoms with E-state index in [4.69, 9.17) is 9.47 Å². The first-order valence-corrected chi connectivity index (χ1v) is 10.6. The van der Waals surface area contributed by atoms with E-state index in [1.54, 1.807) is 7.11 Å². The summed E-state index contributed by atoms with van der Waals surface area (Å²) in [5, 5.41) is 31.4. The lowest BCUT2D eigenvalue weighted by Gasteiger charge is -2.30. The van der Waals surface area contributed by atoms with E-state index in [0.717, 1.165) is 35.1 Å². The highest BCUT2D eigenvalue weighted by atomic mass is 16.5. The second kappa shape index (κ2) is 9.38. The van der Waals surface area contributed by atoms with Crippen LogP contribution in [-0.4, -0.2) is 22.4 Å². The molecule has 0 bridgehead atoms. The maximum absolute atomic E-state index is 10.8. The molecule has 31 heavy (non-hydrogen) atoms. The summed E-state index contributed by atoms with van der Waals surface area (Å²) >= 11 is 0. The van der Waals surface area contributed by atoms with E-state index in [1.165, 1.54) is 6.07 Å². The van der Waals surface area contributed by atoms with Crippen molar-refractivity contribution in [3.05, 3.63) is 63.8 Å². The van der Waals surface area contributed by atoms with Crippen LogP contribution in [0.3, 0.4) is 0 Å². The summed E-state index contributed by atoms with van der Waals surface area (Å²) in [4.78, 5) is 0. The smallest absolute Gasteiger partial charge is 0.165 e. The zero-order valence-electron chi connectivity index (χ0n) is 19.0. The van der Waals surface area contributed by atoms with Crippen molar-refractivity contribution in [3.8, 4) is 28.7 Å². The number of fused-ring (bicyclic) bond motifs is 1. The molecule has 0 spiro atoms. The highest BCUT2D eigenvalue weighted by Gasteiger charge is 2.29. The molecule has 3 rings (SSSR count). The maximum Gasteiger partial charge on any atom is 0.165 e. The average Bonchev–Trinajstić information content (AvgIpc) is 2.73. The Balaban J connectivity index is 2.06. The van der Waals surface area contributed by atoms with Crippen molar-refractivity contribution in [2.45, 2.75) is 59.5 Å². The van der Waals surface area contributed by atoms with Gasteiger partial charge in [-0.15, -0.1) is 0 Å². The second-order valence-corrected chi connectivity index (χ2v) is 8.51. The number of allylic oxidation sites excluding steroid dienone is 4. The molecule has 5 nitrogen and oxygen atoms in total. The van der Waals surface area contributed by atoms with Gasteiger partial charge in [0.1, 0.15) is 11.9 Å². The number of aromatic hydroxyl groups is 3. The molecule has 0 saturated carbocycles.